The average molecular weight is 466 g/mol. The van der Waals surface area contributed by atoms with Gasteiger partial charge in [-0.3, -0.25) is 0 Å². The van der Waals surface area contributed by atoms with Crippen molar-refractivity contribution in [2.45, 2.75) is 26.4 Å². The molecule has 6 nitrogen and oxygen atoms in total. The monoisotopic (exact) mass is 465 g/mol. The van der Waals surface area contributed by atoms with Crippen LogP contribution in [0.2, 0.25) is 0 Å². The van der Waals surface area contributed by atoms with E-state index in [0.717, 1.165) is 0 Å². The first-order valence-electron chi connectivity index (χ1n) is 8.94. The van der Waals surface area contributed by atoms with Crippen LogP contribution in [-0.2, 0) is 9.53 Å². The van der Waals surface area contributed by atoms with Crippen molar-refractivity contribution in [1.29, 1.82) is 0 Å². The number of pyridine rings is 1. The molecule has 9 heteroatoms. The van der Waals surface area contributed by atoms with Crippen LogP contribution in [0.4, 0.5) is 8.78 Å². The lowest BCUT2D eigenvalue weighted by Gasteiger charge is -2.12. The summed E-state index contributed by atoms with van der Waals surface area (Å²) in [6, 6.07) is 8.65. The van der Waals surface area contributed by atoms with Crippen molar-refractivity contribution in [1.82, 2.24) is 14.8 Å². The van der Waals surface area contributed by atoms with Crippen LogP contribution < -0.4 is 4.74 Å². The lowest BCUT2D eigenvalue weighted by Crippen LogP contribution is -2.28. The Morgan fingerprint density at radius 1 is 1.21 bits per heavy atom. The fourth-order valence-corrected chi connectivity index (χ4v) is 3.28. The molecule has 2 aromatic heterocycles. The predicted octanol–water partition coefficient (Wildman–Crippen LogP) is 4.70. The zero-order chi connectivity index (χ0) is 21.0. The van der Waals surface area contributed by atoms with E-state index < -0.39 is 23.8 Å². The summed E-state index contributed by atoms with van der Waals surface area (Å²) >= 11 is 3.37. The molecule has 0 saturated heterocycles. The summed E-state index contributed by atoms with van der Waals surface area (Å²) in [7, 11) is 0. The Hall–Kier alpha value is -2.65. The second kappa shape index (κ2) is 9.23. The highest BCUT2D eigenvalue weighted by Crippen LogP contribution is 2.37. The third kappa shape index (κ3) is 4.51. The van der Waals surface area contributed by atoms with Crippen molar-refractivity contribution in [2.75, 3.05) is 6.61 Å². The van der Waals surface area contributed by atoms with E-state index in [2.05, 4.69) is 26.0 Å². The second-order valence-electron chi connectivity index (χ2n) is 5.97. The van der Waals surface area contributed by atoms with Gasteiger partial charge in [0.1, 0.15) is 16.0 Å². The molecule has 1 atom stereocenters. The Morgan fingerprint density at radius 3 is 2.59 bits per heavy atom. The zero-order valence-electron chi connectivity index (χ0n) is 15.7. The maximum absolute atomic E-state index is 14.4. The first kappa shape index (κ1) is 21.1. The van der Waals surface area contributed by atoms with Crippen LogP contribution in [0.5, 0.6) is 5.88 Å². The van der Waals surface area contributed by atoms with Gasteiger partial charge in [-0.1, -0.05) is 19.1 Å². The molecule has 3 rings (SSSR count). The normalized spacial score (nSPS) is 12.0. The van der Waals surface area contributed by atoms with Crippen molar-refractivity contribution in [2.24, 2.45) is 0 Å². The van der Waals surface area contributed by atoms with Crippen molar-refractivity contribution >= 4 is 21.9 Å². The first-order chi connectivity index (χ1) is 14.0. The van der Waals surface area contributed by atoms with Crippen LogP contribution in [0.3, 0.4) is 0 Å². The summed E-state index contributed by atoms with van der Waals surface area (Å²) < 4.78 is 40.1. The van der Waals surface area contributed by atoms with Gasteiger partial charge in [-0.05, 0) is 53.5 Å². The second-order valence-corrected chi connectivity index (χ2v) is 6.77. The van der Waals surface area contributed by atoms with Gasteiger partial charge in [-0.25, -0.2) is 18.9 Å². The highest BCUT2D eigenvalue weighted by molar-refractivity contribution is 9.10. The SMILES string of the molecule is CCOC(CC)C(=O)Oc1nn(-c2ccccc2F)c(-c2ccc(F)nc2)c1Br. The van der Waals surface area contributed by atoms with Gasteiger partial charge in [-0.2, -0.15) is 4.39 Å². The van der Waals surface area contributed by atoms with Crippen molar-refractivity contribution in [3.63, 3.8) is 0 Å². The van der Waals surface area contributed by atoms with E-state index in [4.69, 9.17) is 9.47 Å². The van der Waals surface area contributed by atoms with Crippen molar-refractivity contribution in [3.05, 3.63) is 58.8 Å². The molecule has 152 valence electrons. The number of esters is 1. The summed E-state index contributed by atoms with van der Waals surface area (Å²) in [5.74, 6) is -1.86. The van der Waals surface area contributed by atoms with E-state index in [1.165, 1.54) is 35.1 Å². The predicted molar refractivity (Wildman–Crippen MR) is 106 cm³/mol. The van der Waals surface area contributed by atoms with Crippen LogP contribution in [0.15, 0.2) is 47.1 Å². The quantitative estimate of drug-likeness (QED) is 0.373. The van der Waals surface area contributed by atoms with E-state index in [-0.39, 0.29) is 11.6 Å². The molecule has 29 heavy (non-hydrogen) atoms. The number of halogens is 3. The van der Waals surface area contributed by atoms with Crippen LogP contribution >= 0.6 is 15.9 Å². The van der Waals surface area contributed by atoms with Crippen LogP contribution in [0, 0.1) is 11.8 Å². The van der Waals surface area contributed by atoms with Gasteiger partial charge in [0.25, 0.3) is 5.88 Å². The number of benzene rings is 1. The number of rotatable bonds is 7. The fraction of sp³-hybridized carbons (Fsp3) is 0.250. The summed E-state index contributed by atoms with van der Waals surface area (Å²) in [5.41, 5.74) is 0.940. The van der Waals surface area contributed by atoms with Gasteiger partial charge >= 0.3 is 5.97 Å². The van der Waals surface area contributed by atoms with E-state index in [0.29, 0.717) is 28.8 Å². The van der Waals surface area contributed by atoms with E-state index in [1.54, 1.807) is 26.0 Å². The Bertz CT molecular complexity index is 1010. The van der Waals surface area contributed by atoms with Crippen LogP contribution in [-0.4, -0.2) is 33.4 Å². The Morgan fingerprint density at radius 2 is 1.97 bits per heavy atom. The van der Waals surface area contributed by atoms with Gasteiger partial charge in [0.05, 0.1) is 5.69 Å². The van der Waals surface area contributed by atoms with Crippen LogP contribution in [0.25, 0.3) is 16.9 Å². The minimum atomic E-state index is -0.749. The number of aromatic nitrogens is 3. The average Bonchev–Trinajstić information content (AvgIpc) is 3.03. The van der Waals surface area contributed by atoms with E-state index in [1.807, 2.05) is 0 Å². The molecule has 1 aromatic carbocycles. The highest BCUT2D eigenvalue weighted by atomic mass is 79.9. The largest absolute Gasteiger partial charge is 0.403 e. The van der Waals surface area contributed by atoms with E-state index in [9.17, 15) is 13.6 Å². The molecule has 0 bridgehead atoms. The molecule has 0 aliphatic heterocycles. The lowest BCUT2D eigenvalue weighted by atomic mass is 10.2. The molecule has 0 saturated carbocycles. The Balaban J connectivity index is 2.10. The molecule has 0 fully saturated rings. The third-order valence-corrected chi connectivity index (χ3v) is 4.79. The number of carbonyl (C=O) groups is 1. The van der Waals surface area contributed by atoms with Crippen molar-refractivity contribution < 1.29 is 23.0 Å². The minimum Gasteiger partial charge on any atom is -0.403 e. The lowest BCUT2D eigenvalue weighted by molar-refractivity contribution is -0.147. The third-order valence-electron chi connectivity index (χ3n) is 4.08. The van der Waals surface area contributed by atoms with E-state index >= 15 is 0 Å². The molecule has 1 unspecified atom stereocenters. The number of para-hydroxylation sites is 1. The number of hydrogen-bond donors (Lipinski definition) is 0. The number of nitrogens with zero attached hydrogens (tertiary/aromatic N) is 3. The molecule has 0 spiro atoms. The Kier molecular flexibility index (Phi) is 6.71. The molecule has 0 aliphatic carbocycles. The number of carbonyl (C=O) groups excluding carboxylic acids is 1. The minimum absolute atomic E-state index is 0.0595. The topological polar surface area (TPSA) is 66.2 Å². The molecule has 0 radical (unpaired) electrons. The maximum Gasteiger partial charge on any atom is 0.342 e. The highest BCUT2D eigenvalue weighted by Gasteiger charge is 2.26. The standard InChI is InChI=1S/C20H18BrF2N3O3/c1-3-15(28-4-2)20(27)29-19-17(21)18(12-9-10-16(23)24-11-12)26(25-19)14-8-6-5-7-13(14)22/h5-11,15H,3-4H2,1-2H3. The van der Waals surface area contributed by atoms with Gasteiger partial charge < -0.3 is 9.47 Å². The van der Waals surface area contributed by atoms with Gasteiger partial charge in [0.15, 0.2) is 6.10 Å². The molecule has 2 heterocycles. The maximum atomic E-state index is 14.4. The summed E-state index contributed by atoms with van der Waals surface area (Å²) in [4.78, 5) is 16.1. The number of hydrogen-bond acceptors (Lipinski definition) is 5. The summed E-state index contributed by atoms with van der Waals surface area (Å²) in [6.45, 7) is 3.92. The summed E-state index contributed by atoms with van der Waals surface area (Å²) in [5, 5.41) is 4.27. The first-order valence-corrected chi connectivity index (χ1v) is 9.74. The molecular formula is C20H18BrF2N3O3. The van der Waals surface area contributed by atoms with Gasteiger partial charge in [0.2, 0.25) is 5.95 Å². The smallest absolute Gasteiger partial charge is 0.342 e. The fourth-order valence-electron chi connectivity index (χ4n) is 2.72. The van der Waals surface area contributed by atoms with Gasteiger partial charge in [-0.15, -0.1) is 5.10 Å². The zero-order valence-corrected chi connectivity index (χ0v) is 17.3. The molecule has 0 N–H and O–H groups in total. The van der Waals surface area contributed by atoms with Gasteiger partial charge in [0, 0.05) is 18.4 Å². The molecule has 0 aliphatic rings. The molecule has 3 aromatic rings. The summed E-state index contributed by atoms with van der Waals surface area (Å²) in [6.07, 6.45) is 0.962. The Labute approximate surface area is 174 Å². The van der Waals surface area contributed by atoms with Crippen LogP contribution in [0.1, 0.15) is 20.3 Å². The molecular weight excluding hydrogens is 448 g/mol. The van der Waals surface area contributed by atoms with Crippen molar-refractivity contribution in [3.8, 4) is 22.8 Å². The number of ether oxygens (including phenoxy) is 2. The molecule has 0 amide bonds.